The molecule has 4 aromatic rings. The summed E-state index contributed by atoms with van der Waals surface area (Å²) < 4.78 is 3.33. The van der Waals surface area contributed by atoms with Crippen molar-refractivity contribution in [3.05, 3.63) is 53.6 Å². The number of carbonyl (C=O) groups is 1. The number of benzene rings is 1. The first kappa shape index (κ1) is 20.0. The van der Waals surface area contributed by atoms with Gasteiger partial charge in [-0.05, 0) is 36.6 Å². The van der Waals surface area contributed by atoms with E-state index in [0.29, 0.717) is 34.1 Å². The standard InChI is InChI=1S/C21H22ClN7O/c1-13-9-17(26-18(30)10-21(2,3)4)29(27-13)20-16-11-25-28(19(16)23-12-24-20)15-7-5-14(22)6-8-15/h5-9,11-12H,10H2,1-4H3,(H,26,30). The maximum Gasteiger partial charge on any atom is 0.226 e. The van der Waals surface area contributed by atoms with E-state index < -0.39 is 0 Å². The van der Waals surface area contributed by atoms with Gasteiger partial charge in [-0.1, -0.05) is 32.4 Å². The minimum Gasteiger partial charge on any atom is -0.311 e. The Balaban J connectivity index is 1.76. The molecule has 0 spiro atoms. The van der Waals surface area contributed by atoms with Gasteiger partial charge in [0.1, 0.15) is 12.1 Å². The summed E-state index contributed by atoms with van der Waals surface area (Å²) in [5.41, 5.74) is 2.10. The van der Waals surface area contributed by atoms with E-state index in [1.54, 1.807) is 27.7 Å². The van der Waals surface area contributed by atoms with Crippen molar-refractivity contribution in [1.29, 1.82) is 0 Å². The molecule has 1 amide bonds. The number of nitrogens with one attached hydrogen (secondary N) is 1. The molecule has 4 rings (SSSR count). The highest BCUT2D eigenvalue weighted by Crippen LogP contribution is 2.25. The van der Waals surface area contributed by atoms with Gasteiger partial charge in [-0.3, -0.25) is 4.79 Å². The summed E-state index contributed by atoms with van der Waals surface area (Å²) in [5.74, 6) is 1.02. The molecule has 1 N–H and O–H groups in total. The number of hydrogen-bond acceptors (Lipinski definition) is 5. The second kappa shape index (κ2) is 7.53. The van der Waals surface area contributed by atoms with Gasteiger partial charge in [0.15, 0.2) is 11.5 Å². The number of hydrogen-bond donors (Lipinski definition) is 1. The van der Waals surface area contributed by atoms with E-state index in [4.69, 9.17) is 11.6 Å². The number of fused-ring (bicyclic) bond motifs is 1. The SMILES string of the molecule is Cc1cc(NC(=O)CC(C)(C)C)n(-c2ncnc3c2cnn3-c2ccc(Cl)cc2)n1. The number of anilines is 1. The third kappa shape index (κ3) is 4.04. The first-order valence-corrected chi connectivity index (χ1v) is 9.91. The fourth-order valence-corrected chi connectivity index (χ4v) is 3.32. The molecule has 30 heavy (non-hydrogen) atoms. The van der Waals surface area contributed by atoms with Crippen LogP contribution in [0.4, 0.5) is 5.82 Å². The van der Waals surface area contributed by atoms with Crippen LogP contribution in [-0.2, 0) is 4.79 Å². The van der Waals surface area contributed by atoms with Gasteiger partial charge in [0.25, 0.3) is 0 Å². The van der Waals surface area contributed by atoms with Crippen LogP contribution in [0.3, 0.4) is 0 Å². The van der Waals surface area contributed by atoms with Crippen LogP contribution in [-0.4, -0.2) is 35.4 Å². The molecule has 8 nitrogen and oxygen atoms in total. The number of halogens is 1. The van der Waals surface area contributed by atoms with Gasteiger partial charge < -0.3 is 5.32 Å². The zero-order chi connectivity index (χ0) is 21.5. The number of carbonyl (C=O) groups excluding carboxylic acids is 1. The van der Waals surface area contributed by atoms with Crippen LogP contribution in [0.1, 0.15) is 32.9 Å². The molecule has 9 heteroatoms. The number of aromatic nitrogens is 6. The molecular weight excluding hydrogens is 402 g/mol. The highest BCUT2D eigenvalue weighted by Gasteiger charge is 2.20. The van der Waals surface area contributed by atoms with Crippen molar-refractivity contribution < 1.29 is 4.79 Å². The fourth-order valence-electron chi connectivity index (χ4n) is 3.19. The van der Waals surface area contributed by atoms with Gasteiger partial charge in [-0.25, -0.2) is 14.6 Å². The van der Waals surface area contributed by atoms with Crippen LogP contribution in [0.2, 0.25) is 5.02 Å². The lowest BCUT2D eigenvalue weighted by molar-refractivity contribution is -0.117. The third-order valence-electron chi connectivity index (χ3n) is 4.41. The zero-order valence-corrected chi connectivity index (χ0v) is 18.0. The predicted octanol–water partition coefficient (Wildman–Crippen LogP) is 4.34. The molecule has 0 unspecified atom stereocenters. The first-order valence-electron chi connectivity index (χ1n) is 9.53. The Morgan fingerprint density at radius 2 is 1.87 bits per heavy atom. The van der Waals surface area contributed by atoms with Crippen LogP contribution in [0.5, 0.6) is 0 Å². The summed E-state index contributed by atoms with van der Waals surface area (Å²) in [7, 11) is 0. The van der Waals surface area contributed by atoms with Gasteiger partial charge in [0, 0.05) is 17.5 Å². The van der Waals surface area contributed by atoms with E-state index in [2.05, 4.69) is 25.5 Å². The summed E-state index contributed by atoms with van der Waals surface area (Å²) in [4.78, 5) is 21.3. The second-order valence-corrected chi connectivity index (χ2v) is 8.77. The van der Waals surface area contributed by atoms with E-state index in [0.717, 1.165) is 11.4 Å². The molecule has 0 saturated carbocycles. The Hall–Kier alpha value is -3.26. The van der Waals surface area contributed by atoms with Crippen molar-refractivity contribution in [2.75, 3.05) is 5.32 Å². The Morgan fingerprint density at radius 1 is 1.13 bits per heavy atom. The van der Waals surface area contributed by atoms with Crippen molar-refractivity contribution in [2.45, 2.75) is 34.1 Å². The average Bonchev–Trinajstić information content (AvgIpc) is 3.24. The average molecular weight is 424 g/mol. The molecule has 0 radical (unpaired) electrons. The summed E-state index contributed by atoms with van der Waals surface area (Å²) in [6.07, 6.45) is 3.55. The molecule has 0 fully saturated rings. The van der Waals surface area contributed by atoms with Gasteiger partial charge in [-0.2, -0.15) is 14.9 Å². The van der Waals surface area contributed by atoms with Crippen LogP contribution >= 0.6 is 11.6 Å². The van der Waals surface area contributed by atoms with E-state index in [-0.39, 0.29) is 11.3 Å². The molecule has 154 valence electrons. The molecule has 0 aliphatic carbocycles. The maximum atomic E-state index is 12.5. The van der Waals surface area contributed by atoms with Crippen LogP contribution in [0.15, 0.2) is 42.9 Å². The lowest BCUT2D eigenvalue weighted by Gasteiger charge is -2.17. The van der Waals surface area contributed by atoms with Crippen molar-refractivity contribution in [1.82, 2.24) is 29.5 Å². The molecule has 3 aromatic heterocycles. The lowest BCUT2D eigenvalue weighted by atomic mass is 9.92. The van der Waals surface area contributed by atoms with Crippen molar-refractivity contribution in [3.63, 3.8) is 0 Å². The largest absolute Gasteiger partial charge is 0.311 e. The summed E-state index contributed by atoms with van der Waals surface area (Å²) >= 11 is 6.00. The highest BCUT2D eigenvalue weighted by atomic mass is 35.5. The molecule has 1 aromatic carbocycles. The fraction of sp³-hybridized carbons (Fsp3) is 0.286. The summed E-state index contributed by atoms with van der Waals surface area (Å²) in [6.45, 7) is 7.93. The number of amides is 1. The topological polar surface area (TPSA) is 90.5 Å². The van der Waals surface area contributed by atoms with Gasteiger partial charge in [0.2, 0.25) is 5.91 Å². The minimum absolute atomic E-state index is 0.0780. The highest BCUT2D eigenvalue weighted by molar-refractivity contribution is 6.30. The lowest BCUT2D eigenvalue weighted by Crippen LogP contribution is -2.21. The third-order valence-corrected chi connectivity index (χ3v) is 4.66. The molecule has 0 saturated heterocycles. The summed E-state index contributed by atoms with van der Waals surface area (Å²) in [5, 5.41) is 13.3. The maximum absolute atomic E-state index is 12.5. The Kier molecular flexibility index (Phi) is 5.03. The smallest absolute Gasteiger partial charge is 0.226 e. The molecule has 3 heterocycles. The molecule has 0 bridgehead atoms. The monoisotopic (exact) mass is 423 g/mol. The predicted molar refractivity (Wildman–Crippen MR) is 116 cm³/mol. The molecule has 0 atom stereocenters. The first-order chi connectivity index (χ1) is 14.2. The summed E-state index contributed by atoms with van der Waals surface area (Å²) in [6, 6.07) is 9.15. The number of nitrogens with zero attached hydrogens (tertiary/aromatic N) is 6. The quantitative estimate of drug-likeness (QED) is 0.527. The van der Waals surface area contributed by atoms with Gasteiger partial charge in [-0.15, -0.1) is 0 Å². The molecule has 0 aliphatic rings. The van der Waals surface area contributed by atoms with Crippen LogP contribution < -0.4 is 5.32 Å². The Labute approximate surface area is 178 Å². The Morgan fingerprint density at radius 3 is 2.57 bits per heavy atom. The van der Waals surface area contributed by atoms with Crippen molar-refractivity contribution in [2.24, 2.45) is 5.41 Å². The number of rotatable bonds is 4. The van der Waals surface area contributed by atoms with Crippen molar-refractivity contribution in [3.8, 4) is 11.5 Å². The van der Waals surface area contributed by atoms with E-state index in [1.807, 2.05) is 45.9 Å². The minimum atomic E-state index is -0.119. The van der Waals surface area contributed by atoms with Gasteiger partial charge in [0.05, 0.1) is 23.0 Å². The normalized spacial score (nSPS) is 11.8. The molecule has 0 aliphatic heterocycles. The van der Waals surface area contributed by atoms with E-state index in [1.165, 1.54) is 6.33 Å². The van der Waals surface area contributed by atoms with Crippen LogP contribution in [0, 0.1) is 12.3 Å². The van der Waals surface area contributed by atoms with Crippen molar-refractivity contribution >= 4 is 34.4 Å². The Bertz CT molecular complexity index is 1220. The zero-order valence-electron chi connectivity index (χ0n) is 17.2. The van der Waals surface area contributed by atoms with E-state index in [9.17, 15) is 4.79 Å². The van der Waals surface area contributed by atoms with Crippen LogP contribution in [0.25, 0.3) is 22.5 Å². The second-order valence-electron chi connectivity index (χ2n) is 8.34. The van der Waals surface area contributed by atoms with E-state index >= 15 is 0 Å². The van der Waals surface area contributed by atoms with Gasteiger partial charge >= 0.3 is 0 Å². The molecular formula is C21H22ClN7O. The number of aryl methyl sites for hydroxylation is 1.